The molecule has 2 fully saturated rings. The SMILES string of the molecule is O[C@@H](c1cccc(F)c1)C12CCC(COc3ccc(Cl)cc3)(CC1)N2. The number of nitrogens with one attached hydrogen (secondary N) is 1. The van der Waals surface area contributed by atoms with Crippen LogP contribution in [-0.2, 0) is 0 Å². The molecule has 0 aromatic heterocycles. The molecule has 0 aliphatic carbocycles. The Kier molecular flexibility index (Phi) is 4.22. The van der Waals surface area contributed by atoms with Gasteiger partial charge in [-0.3, -0.25) is 5.32 Å². The van der Waals surface area contributed by atoms with Crippen LogP contribution in [0.4, 0.5) is 4.39 Å². The van der Waals surface area contributed by atoms with Crippen molar-refractivity contribution in [1.29, 1.82) is 0 Å². The maximum Gasteiger partial charge on any atom is 0.123 e. The molecule has 2 N–H and O–H groups in total. The molecule has 2 heterocycles. The van der Waals surface area contributed by atoms with Crippen molar-refractivity contribution in [1.82, 2.24) is 5.32 Å². The van der Waals surface area contributed by atoms with E-state index in [1.54, 1.807) is 12.1 Å². The van der Waals surface area contributed by atoms with E-state index < -0.39 is 11.6 Å². The van der Waals surface area contributed by atoms with E-state index in [0.29, 0.717) is 17.2 Å². The van der Waals surface area contributed by atoms with Crippen molar-refractivity contribution in [2.45, 2.75) is 42.9 Å². The first-order valence-electron chi connectivity index (χ1n) is 8.62. The maximum atomic E-state index is 13.5. The molecular weight excluding hydrogens is 341 g/mol. The standard InChI is InChI=1S/C20H21ClFNO2/c21-15-4-6-17(7-5-15)25-13-19-8-10-20(23-19,11-9-19)18(24)14-2-1-3-16(22)12-14/h1-7,12,18,23-24H,8-11,13H2/t18-,19?,20?/m0/s1. The maximum absolute atomic E-state index is 13.5. The molecule has 0 unspecified atom stereocenters. The zero-order chi connectivity index (χ0) is 17.5. The van der Waals surface area contributed by atoms with Gasteiger partial charge in [0.2, 0.25) is 0 Å². The van der Waals surface area contributed by atoms with Gasteiger partial charge in [-0.15, -0.1) is 0 Å². The largest absolute Gasteiger partial charge is 0.492 e. The zero-order valence-electron chi connectivity index (χ0n) is 13.8. The summed E-state index contributed by atoms with van der Waals surface area (Å²) in [5, 5.41) is 15.2. The Balaban J connectivity index is 1.46. The first kappa shape index (κ1) is 16.8. The van der Waals surface area contributed by atoms with Crippen LogP contribution in [0.15, 0.2) is 48.5 Å². The molecule has 2 aromatic carbocycles. The van der Waals surface area contributed by atoms with Crippen LogP contribution in [0.5, 0.6) is 5.75 Å². The van der Waals surface area contributed by atoms with Gasteiger partial charge in [-0.05, 0) is 67.6 Å². The second-order valence-electron chi connectivity index (χ2n) is 7.26. The number of aliphatic hydroxyl groups is 1. The third kappa shape index (κ3) is 3.14. The second kappa shape index (κ2) is 6.27. The van der Waals surface area contributed by atoms with Crippen LogP contribution >= 0.6 is 11.6 Å². The highest BCUT2D eigenvalue weighted by Crippen LogP contribution is 2.50. The number of benzene rings is 2. The van der Waals surface area contributed by atoms with Gasteiger partial charge in [0.05, 0.1) is 11.6 Å². The summed E-state index contributed by atoms with van der Waals surface area (Å²) >= 11 is 5.90. The summed E-state index contributed by atoms with van der Waals surface area (Å²) in [5.41, 5.74) is 0.106. The van der Waals surface area contributed by atoms with E-state index in [1.807, 2.05) is 24.3 Å². The first-order valence-corrected chi connectivity index (χ1v) is 8.99. The van der Waals surface area contributed by atoms with Crippen molar-refractivity contribution in [3.05, 3.63) is 64.9 Å². The van der Waals surface area contributed by atoms with Gasteiger partial charge in [-0.1, -0.05) is 23.7 Å². The van der Waals surface area contributed by atoms with Crippen molar-refractivity contribution in [3.8, 4) is 5.75 Å². The van der Waals surface area contributed by atoms with Gasteiger partial charge in [0.15, 0.2) is 0 Å². The van der Waals surface area contributed by atoms with Gasteiger partial charge >= 0.3 is 0 Å². The molecule has 2 aliphatic heterocycles. The average molecular weight is 362 g/mol. The van der Waals surface area contributed by atoms with E-state index in [-0.39, 0.29) is 11.4 Å². The normalized spacial score (nSPS) is 28.9. The van der Waals surface area contributed by atoms with Crippen molar-refractivity contribution in [2.24, 2.45) is 0 Å². The van der Waals surface area contributed by atoms with E-state index in [4.69, 9.17) is 16.3 Å². The van der Waals surface area contributed by atoms with Crippen LogP contribution in [0, 0.1) is 5.82 Å². The van der Waals surface area contributed by atoms with Gasteiger partial charge < -0.3 is 9.84 Å². The van der Waals surface area contributed by atoms with Crippen LogP contribution in [-0.4, -0.2) is 22.8 Å². The summed E-state index contributed by atoms with van der Waals surface area (Å²) in [7, 11) is 0. The summed E-state index contributed by atoms with van der Waals surface area (Å²) in [5.74, 6) is 0.469. The smallest absolute Gasteiger partial charge is 0.123 e. The number of rotatable bonds is 5. The van der Waals surface area contributed by atoms with E-state index in [0.717, 1.165) is 31.4 Å². The summed E-state index contributed by atoms with van der Waals surface area (Å²) in [6.45, 7) is 0.548. The molecule has 2 aromatic rings. The summed E-state index contributed by atoms with van der Waals surface area (Å²) in [4.78, 5) is 0. The van der Waals surface area contributed by atoms with Gasteiger partial charge in [0.25, 0.3) is 0 Å². The minimum atomic E-state index is -0.719. The number of fused-ring (bicyclic) bond motifs is 2. The van der Waals surface area contributed by atoms with Crippen LogP contribution in [0.3, 0.4) is 0 Å². The highest BCUT2D eigenvalue weighted by molar-refractivity contribution is 6.30. The Labute approximate surface area is 151 Å². The molecule has 3 nitrogen and oxygen atoms in total. The fourth-order valence-electron chi connectivity index (χ4n) is 4.22. The third-order valence-corrected chi connectivity index (χ3v) is 5.88. The number of ether oxygens (including phenoxy) is 1. The van der Waals surface area contributed by atoms with E-state index in [2.05, 4.69) is 5.32 Å². The lowest BCUT2D eigenvalue weighted by molar-refractivity contribution is 0.0729. The molecule has 4 rings (SSSR count). The third-order valence-electron chi connectivity index (χ3n) is 5.63. The molecule has 5 heteroatoms. The Morgan fingerprint density at radius 1 is 1.12 bits per heavy atom. The quantitative estimate of drug-likeness (QED) is 0.836. The molecule has 1 atom stereocenters. The summed E-state index contributed by atoms with van der Waals surface area (Å²) in [6, 6.07) is 13.6. The van der Waals surface area contributed by atoms with E-state index in [9.17, 15) is 9.50 Å². The van der Waals surface area contributed by atoms with Crippen molar-refractivity contribution in [3.63, 3.8) is 0 Å². The zero-order valence-corrected chi connectivity index (χ0v) is 14.6. The van der Waals surface area contributed by atoms with Crippen LogP contribution < -0.4 is 10.1 Å². The summed E-state index contributed by atoms with van der Waals surface area (Å²) in [6.07, 6.45) is 2.87. The molecule has 2 bridgehead atoms. The lowest BCUT2D eigenvalue weighted by Gasteiger charge is -2.32. The lowest BCUT2D eigenvalue weighted by Crippen LogP contribution is -2.48. The topological polar surface area (TPSA) is 41.5 Å². The minimum absolute atomic E-state index is 0.131. The molecule has 0 radical (unpaired) electrons. The van der Waals surface area contributed by atoms with Gasteiger partial charge in [-0.2, -0.15) is 0 Å². The predicted octanol–water partition coefficient (Wildman–Crippen LogP) is 4.25. The first-order chi connectivity index (χ1) is 12.0. The van der Waals surface area contributed by atoms with E-state index >= 15 is 0 Å². The number of hydrogen-bond donors (Lipinski definition) is 2. The Hall–Kier alpha value is -1.62. The highest BCUT2D eigenvalue weighted by atomic mass is 35.5. The van der Waals surface area contributed by atoms with Crippen LogP contribution in [0.25, 0.3) is 0 Å². The number of hydrogen-bond acceptors (Lipinski definition) is 3. The Morgan fingerprint density at radius 2 is 1.84 bits per heavy atom. The van der Waals surface area contributed by atoms with E-state index in [1.165, 1.54) is 12.1 Å². The van der Waals surface area contributed by atoms with Crippen LogP contribution in [0.2, 0.25) is 5.02 Å². The Bertz CT molecular complexity index is 757. The molecule has 2 saturated heterocycles. The lowest BCUT2D eigenvalue weighted by atomic mass is 9.78. The highest BCUT2D eigenvalue weighted by Gasteiger charge is 2.57. The van der Waals surface area contributed by atoms with Gasteiger partial charge in [0, 0.05) is 10.6 Å². The van der Waals surface area contributed by atoms with Crippen molar-refractivity contribution < 1.29 is 14.2 Å². The minimum Gasteiger partial charge on any atom is -0.492 e. The predicted molar refractivity (Wildman–Crippen MR) is 95.4 cm³/mol. The molecule has 0 amide bonds. The number of halogens is 2. The van der Waals surface area contributed by atoms with Crippen LogP contribution in [0.1, 0.15) is 37.4 Å². The Morgan fingerprint density at radius 3 is 2.52 bits per heavy atom. The molecule has 0 spiro atoms. The van der Waals surface area contributed by atoms with Crippen molar-refractivity contribution >= 4 is 11.6 Å². The number of aliphatic hydroxyl groups excluding tert-OH is 1. The van der Waals surface area contributed by atoms with Gasteiger partial charge in [0.1, 0.15) is 18.2 Å². The monoisotopic (exact) mass is 361 g/mol. The van der Waals surface area contributed by atoms with Crippen molar-refractivity contribution in [2.75, 3.05) is 6.61 Å². The van der Waals surface area contributed by atoms with Gasteiger partial charge in [-0.25, -0.2) is 4.39 Å². The fourth-order valence-corrected chi connectivity index (χ4v) is 4.35. The second-order valence-corrected chi connectivity index (χ2v) is 7.70. The molecule has 2 aliphatic rings. The summed E-state index contributed by atoms with van der Waals surface area (Å²) < 4.78 is 19.5. The molecule has 0 saturated carbocycles. The molecular formula is C20H21ClFNO2. The molecule has 132 valence electrons. The molecule has 25 heavy (non-hydrogen) atoms. The fraction of sp³-hybridized carbons (Fsp3) is 0.400. The average Bonchev–Trinajstić information content (AvgIpc) is 3.18.